The summed E-state index contributed by atoms with van der Waals surface area (Å²) < 4.78 is 43.0. The van der Waals surface area contributed by atoms with Crippen molar-refractivity contribution in [2.75, 3.05) is 19.3 Å². The average molecular weight is 443 g/mol. The van der Waals surface area contributed by atoms with Crippen LogP contribution in [0.2, 0.25) is 0 Å². The summed E-state index contributed by atoms with van der Waals surface area (Å²) in [6.45, 7) is 0.345. The zero-order valence-electron chi connectivity index (χ0n) is 16.6. The summed E-state index contributed by atoms with van der Waals surface area (Å²) in [6.07, 6.45) is -3.56. The molecule has 11 heteroatoms. The summed E-state index contributed by atoms with van der Waals surface area (Å²) in [6, 6.07) is 6.72. The van der Waals surface area contributed by atoms with Crippen molar-refractivity contribution in [1.82, 2.24) is 19.9 Å². The van der Waals surface area contributed by atoms with Gasteiger partial charge >= 0.3 is 6.36 Å². The maximum atomic E-state index is 13.0. The molecule has 2 aromatic heterocycles. The average Bonchev–Trinajstić information content (AvgIpc) is 3.00. The van der Waals surface area contributed by atoms with Crippen LogP contribution in [0.5, 0.6) is 5.75 Å². The fourth-order valence-electron chi connectivity index (χ4n) is 3.28. The van der Waals surface area contributed by atoms with E-state index < -0.39 is 23.6 Å². The first kappa shape index (κ1) is 21.3. The Morgan fingerprint density at radius 2 is 2.03 bits per heavy atom. The minimum atomic E-state index is -4.93. The number of carbonyl (C=O) groups is 1. The van der Waals surface area contributed by atoms with Crippen LogP contribution in [-0.4, -0.2) is 56.4 Å². The minimum absolute atomic E-state index is 0.0128. The van der Waals surface area contributed by atoms with Crippen LogP contribution in [0.3, 0.4) is 0 Å². The summed E-state index contributed by atoms with van der Waals surface area (Å²) in [7, 11) is 1.55. The number of anilines is 1. The summed E-state index contributed by atoms with van der Waals surface area (Å²) in [5.41, 5.74) is 4.97. The van der Waals surface area contributed by atoms with Crippen molar-refractivity contribution >= 4 is 22.8 Å². The molecule has 4 rings (SSSR count). The minimum Gasteiger partial charge on any atom is -0.405 e. The van der Waals surface area contributed by atoms with Crippen LogP contribution in [0.15, 0.2) is 36.7 Å². The van der Waals surface area contributed by atoms with Crippen LogP contribution in [0.4, 0.5) is 19.0 Å². The normalized spacial score (nSPS) is 18.5. The fraction of sp³-hybridized carbons (Fsp3) is 0.238. The standard InChI is InChI=1S/C21H16F3N5O3/c1-29-9-8-20(31,19(29)30)7-6-12-2-5-16(32-21(22,23)24)13(10-12)14-3-4-15-17(28-14)18(25)27-11-26-15/h2-5,10-11,31H,8-9H2,1H3,(H2,25,26,27)/t20-/m0/s1. The van der Waals surface area contributed by atoms with Gasteiger partial charge in [-0.15, -0.1) is 13.2 Å². The maximum absolute atomic E-state index is 13.0. The first-order valence-electron chi connectivity index (χ1n) is 9.34. The van der Waals surface area contributed by atoms with Gasteiger partial charge in [-0.1, -0.05) is 11.8 Å². The molecule has 0 unspecified atom stereocenters. The molecule has 32 heavy (non-hydrogen) atoms. The van der Waals surface area contributed by atoms with Gasteiger partial charge in [0.25, 0.3) is 5.91 Å². The van der Waals surface area contributed by atoms with E-state index >= 15 is 0 Å². The van der Waals surface area contributed by atoms with Gasteiger partial charge in [0.1, 0.15) is 17.6 Å². The van der Waals surface area contributed by atoms with Crippen molar-refractivity contribution in [3.8, 4) is 28.8 Å². The Morgan fingerprint density at radius 3 is 2.72 bits per heavy atom. The molecule has 1 aliphatic rings. The maximum Gasteiger partial charge on any atom is 0.573 e. The molecule has 1 atom stereocenters. The number of amides is 1. The molecular weight excluding hydrogens is 427 g/mol. The molecule has 1 amide bonds. The molecule has 1 fully saturated rings. The number of benzene rings is 1. The molecule has 164 valence electrons. The quantitative estimate of drug-likeness (QED) is 0.583. The Kier molecular flexibility index (Phi) is 5.10. The van der Waals surface area contributed by atoms with E-state index in [-0.39, 0.29) is 34.6 Å². The summed E-state index contributed by atoms with van der Waals surface area (Å²) >= 11 is 0. The lowest BCUT2D eigenvalue weighted by Crippen LogP contribution is -2.37. The molecule has 3 N–H and O–H groups in total. The molecule has 0 spiro atoms. The Hall–Kier alpha value is -3.91. The molecule has 0 saturated carbocycles. The third-order valence-electron chi connectivity index (χ3n) is 4.91. The SMILES string of the molecule is CN1CC[C@@](O)(C#Cc2ccc(OC(F)(F)F)c(-c3ccc4ncnc(N)c4n3)c2)C1=O. The van der Waals surface area contributed by atoms with Crippen LogP contribution in [0, 0.1) is 11.8 Å². The van der Waals surface area contributed by atoms with E-state index in [9.17, 15) is 23.1 Å². The van der Waals surface area contributed by atoms with E-state index in [4.69, 9.17) is 5.73 Å². The van der Waals surface area contributed by atoms with Gasteiger partial charge in [0, 0.05) is 31.1 Å². The summed E-state index contributed by atoms with van der Waals surface area (Å²) in [4.78, 5) is 25.6. The van der Waals surface area contributed by atoms with Crippen molar-refractivity contribution in [2.45, 2.75) is 18.4 Å². The van der Waals surface area contributed by atoms with Crippen molar-refractivity contribution in [1.29, 1.82) is 0 Å². The number of nitrogens with two attached hydrogens (primary N) is 1. The molecule has 3 aromatic rings. The Bertz CT molecular complexity index is 1290. The number of nitrogen functional groups attached to an aromatic ring is 1. The van der Waals surface area contributed by atoms with Crippen LogP contribution in [0.1, 0.15) is 12.0 Å². The van der Waals surface area contributed by atoms with Gasteiger partial charge < -0.3 is 20.5 Å². The van der Waals surface area contributed by atoms with Crippen LogP contribution in [0.25, 0.3) is 22.3 Å². The van der Waals surface area contributed by atoms with Crippen molar-refractivity contribution in [3.05, 3.63) is 42.2 Å². The molecule has 0 aliphatic carbocycles. The van der Waals surface area contributed by atoms with Gasteiger partial charge in [-0.25, -0.2) is 15.0 Å². The van der Waals surface area contributed by atoms with Gasteiger partial charge in [-0.3, -0.25) is 4.79 Å². The zero-order chi connectivity index (χ0) is 23.1. The lowest BCUT2D eigenvalue weighted by molar-refractivity contribution is -0.274. The Morgan fingerprint density at radius 1 is 1.25 bits per heavy atom. The molecule has 1 aromatic carbocycles. The van der Waals surface area contributed by atoms with Gasteiger partial charge in [0.05, 0.1) is 11.2 Å². The smallest absolute Gasteiger partial charge is 0.405 e. The monoisotopic (exact) mass is 443 g/mol. The van der Waals surface area contributed by atoms with Crippen molar-refractivity contribution in [3.63, 3.8) is 0 Å². The highest BCUT2D eigenvalue weighted by Crippen LogP contribution is 2.35. The third-order valence-corrected chi connectivity index (χ3v) is 4.91. The number of aliphatic hydroxyl groups is 1. The van der Waals surface area contributed by atoms with Crippen LogP contribution >= 0.6 is 0 Å². The molecule has 3 heterocycles. The van der Waals surface area contributed by atoms with E-state index in [0.29, 0.717) is 12.1 Å². The first-order chi connectivity index (χ1) is 15.1. The number of aromatic nitrogens is 3. The number of hydrogen-bond acceptors (Lipinski definition) is 7. The second-order valence-electron chi connectivity index (χ2n) is 7.17. The molecule has 1 saturated heterocycles. The van der Waals surface area contributed by atoms with Gasteiger partial charge in [-0.2, -0.15) is 0 Å². The summed E-state index contributed by atoms with van der Waals surface area (Å²) in [5, 5.41) is 10.5. The number of halogens is 3. The lowest BCUT2D eigenvalue weighted by Gasteiger charge is -2.14. The molecule has 0 radical (unpaired) electrons. The van der Waals surface area contributed by atoms with E-state index in [1.807, 2.05) is 0 Å². The number of likely N-dealkylation sites (tertiary alicyclic amines) is 1. The number of fused-ring (bicyclic) bond motifs is 1. The second kappa shape index (κ2) is 7.65. The Balaban J connectivity index is 1.81. The molecule has 1 aliphatic heterocycles. The molecule has 0 bridgehead atoms. The highest BCUT2D eigenvalue weighted by molar-refractivity contribution is 5.90. The largest absolute Gasteiger partial charge is 0.573 e. The fourth-order valence-corrected chi connectivity index (χ4v) is 3.28. The number of carbonyl (C=O) groups excluding carboxylic acids is 1. The van der Waals surface area contributed by atoms with Gasteiger partial charge in [0.15, 0.2) is 5.82 Å². The zero-order valence-corrected chi connectivity index (χ0v) is 16.6. The van der Waals surface area contributed by atoms with Crippen LogP contribution < -0.4 is 10.5 Å². The van der Waals surface area contributed by atoms with E-state index in [0.717, 1.165) is 6.07 Å². The topological polar surface area (TPSA) is 114 Å². The predicted molar refractivity (Wildman–Crippen MR) is 108 cm³/mol. The highest BCUT2D eigenvalue weighted by atomic mass is 19.4. The van der Waals surface area contributed by atoms with E-state index in [1.54, 1.807) is 13.1 Å². The Labute approximate surface area is 179 Å². The lowest BCUT2D eigenvalue weighted by atomic mass is 10.0. The number of rotatable bonds is 2. The summed E-state index contributed by atoms with van der Waals surface area (Å²) in [5.74, 6) is 4.23. The number of likely N-dealkylation sites (N-methyl/N-ethyl adjacent to an activating group) is 1. The molecule has 8 nitrogen and oxygen atoms in total. The van der Waals surface area contributed by atoms with Crippen molar-refractivity contribution < 1.29 is 27.8 Å². The number of alkyl halides is 3. The first-order valence-corrected chi connectivity index (χ1v) is 9.34. The highest BCUT2D eigenvalue weighted by Gasteiger charge is 2.42. The van der Waals surface area contributed by atoms with Crippen molar-refractivity contribution in [2.24, 2.45) is 0 Å². The second-order valence-corrected chi connectivity index (χ2v) is 7.17. The van der Waals surface area contributed by atoms with Gasteiger partial charge in [0.2, 0.25) is 5.60 Å². The number of nitrogens with zero attached hydrogens (tertiary/aromatic N) is 4. The van der Waals surface area contributed by atoms with Crippen LogP contribution in [-0.2, 0) is 4.79 Å². The number of ether oxygens (including phenoxy) is 1. The van der Waals surface area contributed by atoms with E-state index in [2.05, 4.69) is 31.5 Å². The van der Waals surface area contributed by atoms with E-state index in [1.165, 1.54) is 29.4 Å². The molecular formula is C21H16F3N5O3. The number of pyridine rings is 1. The number of hydrogen-bond donors (Lipinski definition) is 2. The third kappa shape index (κ3) is 4.13. The van der Waals surface area contributed by atoms with Gasteiger partial charge in [-0.05, 0) is 30.3 Å². The predicted octanol–water partition coefficient (Wildman–Crippen LogP) is 2.12.